The molecule has 2 aromatic rings. The molecule has 0 aliphatic carbocycles. The zero-order chi connectivity index (χ0) is 15.9. The molecule has 2 heterocycles. The zero-order valence-corrected chi connectivity index (χ0v) is 16.9. The maximum absolute atomic E-state index is 5.13. The number of hydrogen-bond donors (Lipinski definition) is 1. The van der Waals surface area contributed by atoms with E-state index in [4.69, 9.17) is 4.74 Å². The van der Waals surface area contributed by atoms with E-state index in [0.29, 0.717) is 12.4 Å². The largest absolute Gasteiger partial charge is 0.481 e. The van der Waals surface area contributed by atoms with Gasteiger partial charge in [0.25, 0.3) is 0 Å². The average Bonchev–Trinajstić information content (AvgIpc) is 2.93. The van der Waals surface area contributed by atoms with Gasteiger partial charge in [0.05, 0.1) is 24.4 Å². The molecule has 0 aromatic carbocycles. The summed E-state index contributed by atoms with van der Waals surface area (Å²) in [4.78, 5) is 14.9. The molecular formula is C15H22IN5OS. The van der Waals surface area contributed by atoms with E-state index in [1.165, 1.54) is 0 Å². The molecule has 0 amide bonds. The lowest BCUT2D eigenvalue weighted by Gasteiger charge is -2.21. The van der Waals surface area contributed by atoms with Crippen LogP contribution in [0, 0.1) is 6.92 Å². The van der Waals surface area contributed by atoms with E-state index in [9.17, 15) is 0 Å². The van der Waals surface area contributed by atoms with Crippen molar-refractivity contribution in [1.82, 2.24) is 20.2 Å². The minimum absolute atomic E-state index is 0. The van der Waals surface area contributed by atoms with Gasteiger partial charge in [-0.15, -0.1) is 35.3 Å². The zero-order valence-electron chi connectivity index (χ0n) is 13.7. The van der Waals surface area contributed by atoms with Crippen molar-refractivity contribution in [3.05, 3.63) is 40.0 Å². The second-order valence-electron chi connectivity index (χ2n) is 4.82. The van der Waals surface area contributed by atoms with Gasteiger partial charge in [0.15, 0.2) is 5.96 Å². The van der Waals surface area contributed by atoms with Gasteiger partial charge in [-0.25, -0.2) is 9.97 Å². The van der Waals surface area contributed by atoms with E-state index in [-0.39, 0.29) is 24.0 Å². The van der Waals surface area contributed by atoms with Crippen molar-refractivity contribution in [2.45, 2.75) is 20.0 Å². The summed E-state index contributed by atoms with van der Waals surface area (Å²) in [5.74, 6) is 1.43. The third kappa shape index (κ3) is 5.94. The highest BCUT2D eigenvalue weighted by Crippen LogP contribution is 2.10. The minimum atomic E-state index is 0. The molecule has 6 nitrogen and oxygen atoms in total. The predicted molar refractivity (Wildman–Crippen MR) is 105 cm³/mol. The summed E-state index contributed by atoms with van der Waals surface area (Å²) in [6, 6.07) is 3.86. The Balaban J connectivity index is 0.00000264. The first-order valence-electron chi connectivity index (χ1n) is 6.94. The van der Waals surface area contributed by atoms with E-state index in [1.807, 2.05) is 31.0 Å². The topological polar surface area (TPSA) is 62.6 Å². The maximum Gasteiger partial charge on any atom is 0.213 e. The Bertz CT molecular complexity index is 646. The molecule has 1 N–H and O–H groups in total. The van der Waals surface area contributed by atoms with E-state index >= 15 is 0 Å². The molecule has 0 bridgehead atoms. The van der Waals surface area contributed by atoms with Crippen LogP contribution in [0.3, 0.4) is 0 Å². The van der Waals surface area contributed by atoms with Gasteiger partial charge in [-0.3, -0.25) is 4.99 Å². The first-order valence-corrected chi connectivity index (χ1v) is 7.82. The Hall–Kier alpha value is -1.42. The molecule has 0 aliphatic rings. The molecule has 0 atom stereocenters. The summed E-state index contributed by atoms with van der Waals surface area (Å²) in [7, 11) is 5.39. The molecule has 2 rings (SSSR count). The predicted octanol–water partition coefficient (Wildman–Crippen LogP) is 2.68. The molecule has 23 heavy (non-hydrogen) atoms. The highest BCUT2D eigenvalue weighted by Gasteiger charge is 2.08. The monoisotopic (exact) mass is 447 g/mol. The van der Waals surface area contributed by atoms with E-state index < -0.39 is 0 Å². The normalized spacial score (nSPS) is 10.9. The number of methoxy groups -OCH3 is 1. The molecule has 0 fully saturated rings. The first-order chi connectivity index (χ1) is 10.6. The number of aryl methyl sites for hydroxylation is 1. The summed E-state index contributed by atoms with van der Waals surface area (Å²) >= 11 is 1.66. The summed E-state index contributed by atoms with van der Waals surface area (Å²) in [5, 5.41) is 6.49. The van der Waals surface area contributed by atoms with Gasteiger partial charge >= 0.3 is 0 Å². The molecule has 0 radical (unpaired) electrons. The highest BCUT2D eigenvalue weighted by molar-refractivity contribution is 14.0. The van der Waals surface area contributed by atoms with Crippen LogP contribution in [0.4, 0.5) is 0 Å². The summed E-state index contributed by atoms with van der Waals surface area (Å²) in [6.07, 6.45) is 1.74. The van der Waals surface area contributed by atoms with Gasteiger partial charge in [0.2, 0.25) is 5.88 Å². The van der Waals surface area contributed by atoms with Crippen LogP contribution in [0.1, 0.15) is 16.3 Å². The van der Waals surface area contributed by atoms with Crippen LogP contribution in [-0.2, 0) is 13.1 Å². The smallest absolute Gasteiger partial charge is 0.213 e. The van der Waals surface area contributed by atoms with Crippen LogP contribution in [-0.4, -0.2) is 42.0 Å². The van der Waals surface area contributed by atoms with Crippen molar-refractivity contribution < 1.29 is 4.74 Å². The maximum atomic E-state index is 5.13. The number of halogens is 1. The summed E-state index contributed by atoms with van der Waals surface area (Å²) in [5.41, 5.74) is 2.14. The van der Waals surface area contributed by atoms with Crippen molar-refractivity contribution in [2.75, 3.05) is 21.2 Å². The lowest BCUT2D eigenvalue weighted by Crippen LogP contribution is -2.38. The van der Waals surface area contributed by atoms with Crippen LogP contribution in [0.25, 0.3) is 0 Å². The molecule has 8 heteroatoms. The van der Waals surface area contributed by atoms with Gasteiger partial charge in [-0.05, 0) is 18.6 Å². The molecule has 0 saturated carbocycles. The number of aromatic nitrogens is 2. The Morgan fingerprint density at radius 3 is 2.87 bits per heavy atom. The van der Waals surface area contributed by atoms with Gasteiger partial charge in [0, 0.05) is 38.3 Å². The first kappa shape index (κ1) is 19.6. The Morgan fingerprint density at radius 1 is 1.48 bits per heavy atom. The molecule has 0 saturated heterocycles. The second kappa shape index (κ2) is 9.66. The number of aliphatic imine (C=N–C) groups is 1. The molecule has 0 aliphatic heterocycles. The molecule has 0 spiro atoms. The Morgan fingerprint density at radius 2 is 2.26 bits per heavy atom. The van der Waals surface area contributed by atoms with Crippen LogP contribution in [0.5, 0.6) is 5.88 Å². The second-order valence-corrected chi connectivity index (χ2v) is 5.88. The lowest BCUT2D eigenvalue weighted by atomic mass is 10.2. The van der Waals surface area contributed by atoms with E-state index in [2.05, 4.69) is 25.7 Å². The fourth-order valence-corrected chi connectivity index (χ4v) is 2.64. The SMILES string of the molecule is CN=C(NCc1ccnc(OC)c1)N(C)Cc1csc(C)n1.I. The van der Waals surface area contributed by atoms with E-state index in [0.717, 1.165) is 28.8 Å². The van der Waals surface area contributed by atoms with Gasteiger partial charge in [0.1, 0.15) is 0 Å². The molecule has 0 unspecified atom stereocenters. The van der Waals surface area contributed by atoms with Gasteiger partial charge in [-0.1, -0.05) is 0 Å². The number of guanidine groups is 1. The Kier molecular flexibility index (Phi) is 8.24. The van der Waals surface area contributed by atoms with E-state index in [1.54, 1.807) is 31.7 Å². The van der Waals surface area contributed by atoms with Crippen LogP contribution >= 0.6 is 35.3 Å². The number of nitrogens with zero attached hydrogens (tertiary/aromatic N) is 4. The third-order valence-electron chi connectivity index (χ3n) is 3.10. The quantitative estimate of drug-likeness (QED) is 0.434. The average molecular weight is 447 g/mol. The third-order valence-corrected chi connectivity index (χ3v) is 3.92. The van der Waals surface area contributed by atoms with Gasteiger partial charge < -0.3 is 15.0 Å². The van der Waals surface area contributed by atoms with Crippen molar-refractivity contribution in [3.8, 4) is 5.88 Å². The van der Waals surface area contributed by atoms with Crippen molar-refractivity contribution >= 4 is 41.3 Å². The summed E-state index contributed by atoms with van der Waals surface area (Å²) in [6.45, 7) is 3.40. The van der Waals surface area contributed by atoms with Crippen LogP contribution in [0.2, 0.25) is 0 Å². The van der Waals surface area contributed by atoms with Crippen LogP contribution < -0.4 is 10.1 Å². The molecule has 2 aromatic heterocycles. The number of ether oxygens (including phenoxy) is 1. The highest BCUT2D eigenvalue weighted by atomic mass is 127. The van der Waals surface area contributed by atoms with Crippen molar-refractivity contribution in [3.63, 3.8) is 0 Å². The van der Waals surface area contributed by atoms with Crippen molar-refractivity contribution in [2.24, 2.45) is 4.99 Å². The van der Waals surface area contributed by atoms with Crippen molar-refractivity contribution in [1.29, 1.82) is 0 Å². The summed E-state index contributed by atoms with van der Waals surface area (Å²) < 4.78 is 5.13. The number of nitrogens with one attached hydrogen (secondary N) is 1. The minimum Gasteiger partial charge on any atom is -0.481 e. The fraction of sp³-hybridized carbons (Fsp3) is 0.400. The lowest BCUT2D eigenvalue weighted by molar-refractivity contribution is 0.397. The molecule has 126 valence electrons. The number of thiazole rings is 1. The standard InChI is InChI=1S/C15H21N5OS.HI/c1-11-19-13(10-22-11)9-20(3)15(16-2)18-8-12-5-6-17-14(7-12)21-4;/h5-7,10H,8-9H2,1-4H3,(H,16,18);1H. The number of rotatable bonds is 5. The fourth-order valence-electron chi connectivity index (χ4n) is 2.04. The van der Waals surface area contributed by atoms with Crippen LogP contribution in [0.15, 0.2) is 28.7 Å². The Labute approximate surface area is 158 Å². The molecular weight excluding hydrogens is 425 g/mol. The number of hydrogen-bond acceptors (Lipinski definition) is 5. The number of pyridine rings is 1. The van der Waals surface area contributed by atoms with Gasteiger partial charge in [-0.2, -0.15) is 0 Å².